The van der Waals surface area contributed by atoms with E-state index in [-0.39, 0.29) is 29.8 Å². The lowest BCUT2D eigenvalue weighted by Gasteiger charge is -2.09. The van der Waals surface area contributed by atoms with Gasteiger partial charge in [-0.15, -0.1) is 0 Å². The monoisotopic (exact) mass is 236 g/mol. The summed E-state index contributed by atoms with van der Waals surface area (Å²) in [7, 11) is -3.15. The fourth-order valence-electron chi connectivity index (χ4n) is 1.12. The summed E-state index contributed by atoms with van der Waals surface area (Å²) in [5, 5.41) is 2.56. The van der Waals surface area contributed by atoms with Crippen LogP contribution in [-0.2, 0) is 14.6 Å². The molecule has 6 heteroatoms. The molecule has 0 saturated heterocycles. The second-order valence-electron chi connectivity index (χ2n) is 3.66. The fourth-order valence-corrected chi connectivity index (χ4v) is 2.78. The van der Waals surface area contributed by atoms with Crippen LogP contribution in [0.3, 0.4) is 0 Å². The Labute approximate surface area is 91.3 Å². The number of hydrogen-bond acceptors (Lipinski definition) is 4. The van der Waals surface area contributed by atoms with Crippen LogP contribution in [0, 0.1) is 5.92 Å². The van der Waals surface area contributed by atoms with Crippen LogP contribution in [0.2, 0.25) is 0 Å². The standard InChI is InChI=1S/C9H20N2O3S/c1-3-11-9(12)4-5-15(13,14)7-8(2)6-10/h8H,3-7,10H2,1-2H3,(H,11,12). The van der Waals surface area contributed by atoms with Crippen LogP contribution in [-0.4, -0.2) is 38.9 Å². The molecule has 0 aliphatic heterocycles. The molecule has 1 amide bonds. The first-order valence-corrected chi connectivity index (χ1v) is 6.90. The summed E-state index contributed by atoms with van der Waals surface area (Å²) in [6.45, 7) is 4.45. The molecule has 0 aromatic carbocycles. The van der Waals surface area contributed by atoms with Gasteiger partial charge in [0.15, 0.2) is 9.84 Å². The number of nitrogens with one attached hydrogen (secondary N) is 1. The number of nitrogens with two attached hydrogens (primary N) is 1. The Morgan fingerprint density at radius 3 is 2.53 bits per heavy atom. The molecule has 3 N–H and O–H groups in total. The molecule has 0 radical (unpaired) electrons. The fraction of sp³-hybridized carbons (Fsp3) is 0.889. The maximum Gasteiger partial charge on any atom is 0.221 e. The van der Waals surface area contributed by atoms with Crippen molar-refractivity contribution < 1.29 is 13.2 Å². The molecule has 15 heavy (non-hydrogen) atoms. The van der Waals surface area contributed by atoms with Crippen molar-refractivity contribution in [2.45, 2.75) is 20.3 Å². The first-order chi connectivity index (χ1) is 6.91. The van der Waals surface area contributed by atoms with Crippen molar-refractivity contribution in [2.75, 3.05) is 24.6 Å². The van der Waals surface area contributed by atoms with Gasteiger partial charge in [-0.05, 0) is 19.4 Å². The molecular weight excluding hydrogens is 216 g/mol. The van der Waals surface area contributed by atoms with Gasteiger partial charge in [0, 0.05) is 13.0 Å². The van der Waals surface area contributed by atoms with Crippen LogP contribution in [0.15, 0.2) is 0 Å². The second-order valence-corrected chi connectivity index (χ2v) is 5.89. The third kappa shape index (κ3) is 7.33. The van der Waals surface area contributed by atoms with Crippen molar-refractivity contribution in [1.29, 1.82) is 0 Å². The molecule has 0 fully saturated rings. The summed E-state index contributed by atoms with van der Waals surface area (Å²) in [5.74, 6) is -0.308. The minimum absolute atomic E-state index is 0.0352. The molecule has 1 unspecified atom stereocenters. The molecule has 0 aliphatic rings. The van der Waals surface area contributed by atoms with Crippen molar-refractivity contribution in [3.8, 4) is 0 Å². The van der Waals surface area contributed by atoms with Gasteiger partial charge in [-0.2, -0.15) is 0 Å². The smallest absolute Gasteiger partial charge is 0.221 e. The summed E-state index contributed by atoms with van der Waals surface area (Å²) in [4.78, 5) is 11.0. The van der Waals surface area contributed by atoms with Crippen LogP contribution < -0.4 is 11.1 Å². The van der Waals surface area contributed by atoms with E-state index in [2.05, 4.69) is 5.32 Å². The zero-order valence-electron chi connectivity index (χ0n) is 9.32. The van der Waals surface area contributed by atoms with Gasteiger partial charge in [-0.1, -0.05) is 6.92 Å². The van der Waals surface area contributed by atoms with Gasteiger partial charge in [0.25, 0.3) is 0 Å². The van der Waals surface area contributed by atoms with Gasteiger partial charge in [0.05, 0.1) is 11.5 Å². The summed E-state index contributed by atoms with van der Waals surface area (Å²) < 4.78 is 22.9. The van der Waals surface area contributed by atoms with E-state index in [1.54, 1.807) is 13.8 Å². The molecule has 0 bridgehead atoms. The van der Waals surface area contributed by atoms with Crippen molar-refractivity contribution in [3.05, 3.63) is 0 Å². The van der Waals surface area contributed by atoms with E-state index in [9.17, 15) is 13.2 Å². The van der Waals surface area contributed by atoms with Crippen molar-refractivity contribution in [3.63, 3.8) is 0 Å². The number of amides is 1. The number of carbonyl (C=O) groups excluding carboxylic acids is 1. The Morgan fingerprint density at radius 2 is 2.07 bits per heavy atom. The van der Waals surface area contributed by atoms with Gasteiger partial charge < -0.3 is 11.1 Å². The molecule has 0 rings (SSSR count). The number of hydrogen-bond donors (Lipinski definition) is 2. The van der Waals surface area contributed by atoms with E-state index >= 15 is 0 Å². The molecule has 5 nitrogen and oxygen atoms in total. The largest absolute Gasteiger partial charge is 0.356 e. The van der Waals surface area contributed by atoms with E-state index in [1.807, 2.05) is 0 Å². The lowest BCUT2D eigenvalue weighted by molar-refractivity contribution is -0.120. The van der Waals surface area contributed by atoms with E-state index in [4.69, 9.17) is 5.73 Å². The van der Waals surface area contributed by atoms with Crippen molar-refractivity contribution in [2.24, 2.45) is 11.7 Å². The minimum Gasteiger partial charge on any atom is -0.356 e. The van der Waals surface area contributed by atoms with Gasteiger partial charge in [-0.25, -0.2) is 8.42 Å². The molecule has 0 aromatic rings. The first kappa shape index (κ1) is 14.4. The molecule has 0 spiro atoms. The highest BCUT2D eigenvalue weighted by atomic mass is 32.2. The Bertz CT molecular complexity index is 288. The molecule has 1 atom stereocenters. The van der Waals surface area contributed by atoms with Gasteiger partial charge in [0.1, 0.15) is 0 Å². The van der Waals surface area contributed by atoms with E-state index < -0.39 is 9.84 Å². The second kappa shape index (κ2) is 6.79. The first-order valence-electron chi connectivity index (χ1n) is 5.08. The summed E-state index contributed by atoms with van der Waals surface area (Å²) >= 11 is 0. The highest BCUT2D eigenvalue weighted by molar-refractivity contribution is 7.91. The van der Waals surface area contributed by atoms with Crippen molar-refractivity contribution in [1.82, 2.24) is 5.32 Å². The topological polar surface area (TPSA) is 89.3 Å². The van der Waals surface area contributed by atoms with Crippen LogP contribution in [0.5, 0.6) is 0 Å². The lowest BCUT2D eigenvalue weighted by Crippen LogP contribution is -2.28. The van der Waals surface area contributed by atoms with Gasteiger partial charge in [0.2, 0.25) is 5.91 Å². The van der Waals surface area contributed by atoms with Crippen molar-refractivity contribution >= 4 is 15.7 Å². The SMILES string of the molecule is CCNC(=O)CCS(=O)(=O)CC(C)CN. The van der Waals surface area contributed by atoms with E-state index in [0.29, 0.717) is 13.1 Å². The van der Waals surface area contributed by atoms with Crippen LogP contribution in [0.1, 0.15) is 20.3 Å². The molecule has 0 saturated carbocycles. The Kier molecular flexibility index (Phi) is 6.51. The third-order valence-corrected chi connectivity index (χ3v) is 3.86. The normalized spacial score (nSPS) is 13.5. The van der Waals surface area contributed by atoms with Gasteiger partial charge in [-0.3, -0.25) is 4.79 Å². The number of rotatable bonds is 7. The number of carbonyl (C=O) groups is 1. The number of sulfone groups is 1. The maximum atomic E-state index is 11.5. The molecule has 0 aliphatic carbocycles. The average Bonchev–Trinajstić information content (AvgIpc) is 2.15. The highest BCUT2D eigenvalue weighted by Gasteiger charge is 2.16. The van der Waals surface area contributed by atoms with Crippen LogP contribution >= 0.6 is 0 Å². The molecule has 90 valence electrons. The highest BCUT2D eigenvalue weighted by Crippen LogP contribution is 2.02. The Morgan fingerprint density at radius 1 is 1.47 bits per heavy atom. The molecule has 0 heterocycles. The molecular formula is C9H20N2O3S. The Balaban J connectivity index is 3.99. The van der Waals surface area contributed by atoms with Crippen LogP contribution in [0.4, 0.5) is 0 Å². The lowest BCUT2D eigenvalue weighted by atomic mass is 10.2. The zero-order chi connectivity index (χ0) is 11.9. The maximum absolute atomic E-state index is 11.5. The predicted molar refractivity (Wildman–Crippen MR) is 60.2 cm³/mol. The van der Waals surface area contributed by atoms with E-state index in [1.165, 1.54) is 0 Å². The quantitative estimate of drug-likeness (QED) is 0.625. The van der Waals surface area contributed by atoms with E-state index in [0.717, 1.165) is 0 Å². The summed E-state index contributed by atoms with van der Waals surface area (Å²) in [6, 6.07) is 0. The van der Waals surface area contributed by atoms with Gasteiger partial charge >= 0.3 is 0 Å². The minimum atomic E-state index is -3.15. The predicted octanol–water partition coefficient (Wildman–Crippen LogP) is -0.478. The van der Waals surface area contributed by atoms with Crippen LogP contribution in [0.25, 0.3) is 0 Å². The summed E-state index contributed by atoms with van der Waals surface area (Å²) in [6.07, 6.45) is 0.0352. The Hall–Kier alpha value is -0.620. The zero-order valence-corrected chi connectivity index (χ0v) is 10.1. The third-order valence-electron chi connectivity index (χ3n) is 1.95. The molecule has 0 aromatic heterocycles. The summed E-state index contributed by atoms with van der Waals surface area (Å²) in [5.41, 5.74) is 5.34. The average molecular weight is 236 g/mol.